The molecule has 0 saturated heterocycles. The van der Waals surface area contributed by atoms with Gasteiger partial charge in [-0.05, 0) is 34.7 Å². The minimum Gasteiger partial charge on any atom is -0.497 e. The number of benzene rings is 2. The third-order valence-corrected chi connectivity index (χ3v) is 3.29. The maximum atomic E-state index is 11.4. The average molecular weight is 276 g/mol. The van der Waals surface area contributed by atoms with E-state index < -0.39 is 0 Å². The number of rotatable bonds is 3. The van der Waals surface area contributed by atoms with Gasteiger partial charge in [-0.3, -0.25) is 4.79 Å². The second kappa shape index (κ2) is 7.85. The molecule has 0 amide bonds. The Morgan fingerprint density at radius 3 is 2.37 bits per heavy atom. The number of ether oxygens (including phenoxy) is 1. The van der Waals surface area contributed by atoms with Crippen LogP contribution in [0.25, 0.3) is 10.8 Å². The van der Waals surface area contributed by atoms with Crippen molar-refractivity contribution < 1.29 is 9.53 Å². The van der Waals surface area contributed by atoms with Crippen LogP contribution < -0.4 is 4.74 Å². The molecule has 0 radical (unpaired) electrons. The smallest absolute Gasteiger partial charge is 0.193 e. The van der Waals surface area contributed by atoms with E-state index in [1.54, 1.807) is 7.11 Å². The molecule has 0 aliphatic heterocycles. The molecule has 102 valence electrons. The molecule has 0 N–H and O–H groups in total. The van der Waals surface area contributed by atoms with Crippen molar-refractivity contribution in [1.82, 2.24) is 0 Å². The van der Waals surface area contributed by atoms with Gasteiger partial charge in [0, 0.05) is 6.42 Å². The standard InChI is InChI=1S/C14H14O2S.C2H6/c1-16-13-6-5-11-7-10(8-14(15)17-2)3-4-12(11)9-13;1-2/h3-7,9H,8H2,1-2H3;1-2H3. The van der Waals surface area contributed by atoms with Gasteiger partial charge in [-0.15, -0.1) is 0 Å². The first-order valence-corrected chi connectivity index (χ1v) is 7.59. The Hall–Kier alpha value is -1.48. The van der Waals surface area contributed by atoms with Gasteiger partial charge < -0.3 is 4.74 Å². The molecule has 0 saturated carbocycles. The van der Waals surface area contributed by atoms with Crippen molar-refractivity contribution >= 4 is 27.6 Å². The van der Waals surface area contributed by atoms with Crippen molar-refractivity contribution in [3.8, 4) is 5.75 Å². The second-order valence-corrected chi connectivity index (χ2v) is 4.66. The van der Waals surface area contributed by atoms with E-state index in [1.165, 1.54) is 11.8 Å². The maximum absolute atomic E-state index is 11.4. The monoisotopic (exact) mass is 276 g/mol. The van der Waals surface area contributed by atoms with Crippen LogP contribution in [-0.2, 0) is 11.2 Å². The number of carbonyl (C=O) groups is 1. The summed E-state index contributed by atoms with van der Waals surface area (Å²) in [5, 5.41) is 2.46. The van der Waals surface area contributed by atoms with E-state index in [0.717, 1.165) is 22.1 Å². The lowest BCUT2D eigenvalue weighted by Crippen LogP contribution is -1.96. The summed E-state index contributed by atoms with van der Waals surface area (Å²) in [6.45, 7) is 4.00. The van der Waals surface area contributed by atoms with E-state index in [9.17, 15) is 4.79 Å². The molecule has 0 bridgehead atoms. The number of hydrogen-bond acceptors (Lipinski definition) is 3. The fraction of sp³-hybridized carbons (Fsp3) is 0.312. The zero-order valence-corrected chi connectivity index (χ0v) is 12.7. The molecule has 0 unspecified atom stereocenters. The first-order valence-electron chi connectivity index (χ1n) is 6.36. The molecule has 0 aromatic heterocycles. The fourth-order valence-electron chi connectivity index (χ4n) is 1.75. The van der Waals surface area contributed by atoms with Crippen molar-refractivity contribution in [2.75, 3.05) is 13.4 Å². The zero-order chi connectivity index (χ0) is 14.3. The minimum atomic E-state index is 0.192. The number of thioether (sulfide) groups is 1. The van der Waals surface area contributed by atoms with Crippen LogP contribution in [0.2, 0.25) is 0 Å². The Kier molecular flexibility index (Phi) is 6.43. The molecule has 0 aliphatic carbocycles. The second-order valence-electron chi connectivity index (χ2n) is 3.80. The van der Waals surface area contributed by atoms with E-state index in [1.807, 2.05) is 50.4 Å². The third-order valence-electron chi connectivity index (χ3n) is 2.69. The molecule has 3 heteroatoms. The lowest BCUT2D eigenvalue weighted by atomic mass is 10.1. The summed E-state index contributed by atoms with van der Waals surface area (Å²) >= 11 is 1.27. The molecule has 2 nitrogen and oxygen atoms in total. The first kappa shape index (κ1) is 15.6. The topological polar surface area (TPSA) is 26.3 Å². The molecule has 19 heavy (non-hydrogen) atoms. The van der Waals surface area contributed by atoms with Crippen molar-refractivity contribution in [1.29, 1.82) is 0 Å². The van der Waals surface area contributed by atoms with E-state index in [0.29, 0.717) is 6.42 Å². The predicted molar refractivity (Wildman–Crippen MR) is 84.1 cm³/mol. The number of methoxy groups -OCH3 is 1. The predicted octanol–water partition coefficient (Wildman–Crippen LogP) is 4.31. The average Bonchev–Trinajstić information content (AvgIpc) is 2.48. The van der Waals surface area contributed by atoms with Crippen molar-refractivity contribution in [3.63, 3.8) is 0 Å². The van der Waals surface area contributed by atoms with Crippen LogP contribution >= 0.6 is 11.8 Å². The molecular weight excluding hydrogens is 256 g/mol. The number of hydrogen-bond donors (Lipinski definition) is 0. The summed E-state index contributed by atoms with van der Waals surface area (Å²) in [7, 11) is 1.66. The quantitative estimate of drug-likeness (QED) is 0.835. The van der Waals surface area contributed by atoms with Gasteiger partial charge in [0.2, 0.25) is 0 Å². The van der Waals surface area contributed by atoms with Gasteiger partial charge in [-0.25, -0.2) is 0 Å². The lowest BCUT2D eigenvalue weighted by molar-refractivity contribution is -0.110. The van der Waals surface area contributed by atoms with Crippen molar-refractivity contribution in [3.05, 3.63) is 42.0 Å². The van der Waals surface area contributed by atoms with Crippen molar-refractivity contribution in [2.24, 2.45) is 0 Å². The molecule has 0 atom stereocenters. The summed E-state index contributed by atoms with van der Waals surface area (Å²) in [6.07, 6.45) is 2.30. The first-order chi connectivity index (χ1) is 9.22. The summed E-state index contributed by atoms with van der Waals surface area (Å²) < 4.78 is 5.18. The maximum Gasteiger partial charge on any atom is 0.193 e. The van der Waals surface area contributed by atoms with Gasteiger partial charge in [-0.2, -0.15) is 0 Å². The van der Waals surface area contributed by atoms with Gasteiger partial charge in [0.15, 0.2) is 5.12 Å². The van der Waals surface area contributed by atoms with Crippen LogP contribution in [0, 0.1) is 0 Å². The normalized spacial score (nSPS) is 9.68. The Balaban J connectivity index is 0.000000861. The van der Waals surface area contributed by atoms with E-state index in [-0.39, 0.29) is 5.12 Å². The molecule has 2 aromatic rings. The molecule has 2 aromatic carbocycles. The van der Waals surface area contributed by atoms with Gasteiger partial charge in [-0.1, -0.05) is 49.9 Å². The molecule has 0 heterocycles. The van der Waals surface area contributed by atoms with Crippen LogP contribution in [0.4, 0.5) is 0 Å². The minimum absolute atomic E-state index is 0.192. The van der Waals surface area contributed by atoms with Crippen molar-refractivity contribution in [2.45, 2.75) is 20.3 Å². The van der Waals surface area contributed by atoms with Gasteiger partial charge in [0.05, 0.1) is 7.11 Å². The Bertz CT molecular complexity index is 549. The van der Waals surface area contributed by atoms with Gasteiger partial charge in [0.25, 0.3) is 0 Å². The summed E-state index contributed by atoms with van der Waals surface area (Å²) in [4.78, 5) is 11.4. The highest BCUT2D eigenvalue weighted by Gasteiger charge is 2.03. The molecule has 0 spiro atoms. The molecule has 2 rings (SSSR count). The summed E-state index contributed by atoms with van der Waals surface area (Å²) in [5.74, 6) is 0.852. The Labute approximate surface area is 119 Å². The number of carbonyl (C=O) groups excluding carboxylic acids is 1. The zero-order valence-electron chi connectivity index (χ0n) is 11.9. The largest absolute Gasteiger partial charge is 0.497 e. The summed E-state index contributed by atoms with van der Waals surface area (Å²) in [6, 6.07) is 12.0. The molecular formula is C16H20O2S. The fourth-order valence-corrected chi connectivity index (χ4v) is 2.06. The Morgan fingerprint density at radius 2 is 1.74 bits per heavy atom. The van der Waals surface area contributed by atoms with Crippen LogP contribution in [0.5, 0.6) is 5.75 Å². The van der Waals surface area contributed by atoms with Crippen LogP contribution in [0.1, 0.15) is 19.4 Å². The SMILES string of the molecule is CC.COc1ccc2cc(CC(=O)SC)ccc2c1. The van der Waals surface area contributed by atoms with Crippen LogP contribution in [0.15, 0.2) is 36.4 Å². The highest BCUT2D eigenvalue weighted by atomic mass is 32.2. The van der Waals surface area contributed by atoms with E-state index in [2.05, 4.69) is 6.07 Å². The van der Waals surface area contributed by atoms with Crippen LogP contribution in [-0.4, -0.2) is 18.5 Å². The third kappa shape index (κ3) is 4.28. The molecule has 0 aliphatic rings. The Morgan fingerprint density at radius 1 is 1.11 bits per heavy atom. The summed E-state index contributed by atoms with van der Waals surface area (Å²) in [5.41, 5.74) is 1.06. The van der Waals surface area contributed by atoms with E-state index in [4.69, 9.17) is 4.74 Å². The highest BCUT2D eigenvalue weighted by Crippen LogP contribution is 2.22. The van der Waals surface area contributed by atoms with Gasteiger partial charge in [0.1, 0.15) is 5.75 Å². The lowest BCUT2D eigenvalue weighted by Gasteiger charge is -2.04. The highest BCUT2D eigenvalue weighted by molar-refractivity contribution is 8.13. The van der Waals surface area contributed by atoms with E-state index >= 15 is 0 Å². The number of fused-ring (bicyclic) bond motifs is 1. The van der Waals surface area contributed by atoms with Crippen LogP contribution in [0.3, 0.4) is 0 Å². The van der Waals surface area contributed by atoms with Gasteiger partial charge >= 0.3 is 0 Å². The molecule has 0 fully saturated rings.